The summed E-state index contributed by atoms with van der Waals surface area (Å²) in [5.74, 6) is -1.12. The summed E-state index contributed by atoms with van der Waals surface area (Å²) in [6, 6.07) is -0.290. The summed E-state index contributed by atoms with van der Waals surface area (Å²) in [5, 5.41) is 14.3. The average molecular weight is 384 g/mol. The fraction of sp³-hybridized carbons (Fsp3) is 0.737. The molecular formula is C19H32N2O6. The summed E-state index contributed by atoms with van der Waals surface area (Å²) in [4.78, 5) is 36.5. The number of allylic oxidation sites excluding steroid dienone is 2. The van der Waals surface area contributed by atoms with Crippen LogP contribution in [-0.2, 0) is 23.9 Å². The van der Waals surface area contributed by atoms with Crippen LogP contribution in [0.15, 0.2) is 12.2 Å². The average Bonchev–Trinajstić information content (AvgIpc) is 2.62. The Hall–Kier alpha value is -1.93. The Bertz CT molecular complexity index is 506. The molecule has 0 saturated carbocycles. The highest BCUT2D eigenvalue weighted by atomic mass is 16.5. The normalized spacial score (nSPS) is 21.8. The molecule has 1 aliphatic rings. The summed E-state index contributed by atoms with van der Waals surface area (Å²) in [7, 11) is 0. The van der Waals surface area contributed by atoms with Gasteiger partial charge in [0.15, 0.2) is 0 Å². The monoisotopic (exact) mass is 384 g/mol. The first-order chi connectivity index (χ1) is 12.9. The van der Waals surface area contributed by atoms with Crippen molar-refractivity contribution in [2.45, 2.75) is 45.6 Å². The number of cyclic esters (lactones) is 1. The lowest BCUT2D eigenvalue weighted by Gasteiger charge is -2.25. The van der Waals surface area contributed by atoms with Gasteiger partial charge in [-0.25, -0.2) is 0 Å². The van der Waals surface area contributed by atoms with Crippen LogP contribution >= 0.6 is 0 Å². The van der Waals surface area contributed by atoms with Crippen molar-refractivity contribution >= 4 is 17.8 Å². The van der Waals surface area contributed by atoms with Crippen molar-refractivity contribution in [1.82, 2.24) is 10.6 Å². The van der Waals surface area contributed by atoms with Crippen molar-refractivity contribution in [1.29, 1.82) is 0 Å². The maximum Gasteiger partial charge on any atom is 0.306 e. The van der Waals surface area contributed by atoms with Crippen LogP contribution in [0, 0.1) is 11.8 Å². The third-order valence-corrected chi connectivity index (χ3v) is 4.27. The van der Waals surface area contributed by atoms with Crippen molar-refractivity contribution in [3.63, 3.8) is 0 Å². The fourth-order valence-corrected chi connectivity index (χ4v) is 2.54. The minimum absolute atomic E-state index is 0.0607. The second kappa shape index (κ2) is 13.3. The molecule has 1 heterocycles. The predicted molar refractivity (Wildman–Crippen MR) is 99.7 cm³/mol. The molecule has 27 heavy (non-hydrogen) atoms. The van der Waals surface area contributed by atoms with E-state index >= 15 is 0 Å². The van der Waals surface area contributed by atoms with Crippen LogP contribution < -0.4 is 10.6 Å². The van der Waals surface area contributed by atoms with Crippen molar-refractivity contribution in [3.8, 4) is 0 Å². The SMILES string of the molecule is CC(C)C1COC(=O)CCC=CCC(CC(=O)NCCOCCO)C(=O)N1. The number of ether oxygens (including phenoxy) is 2. The smallest absolute Gasteiger partial charge is 0.306 e. The van der Waals surface area contributed by atoms with Gasteiger partial charge in [0.2, 0.25) is 11.8 Å². The maximum atomic E-state index is 12.7. The Morgan fingerprint density at radius 3 is 2.85 bits per heavy atom. The van der Waals surface area contributed by atoms with E-state index < -0.39 is 5.92 Å². The van der Waals surface area contributed by atoms with Crippen molar-refractivity contribution < 1.29 is 29.0 Å². The molecule has 0 bridgehead atoms. The van der Waals surface area contributed by atoms with E-state index in [9.17, 15) is 14.4 Å². The standard InChI is InChI=1S/C19H32N2O6/c1-14(2)16-13-27-18(24)7-5-3-4-6-15(19(25)21-16)12-17(23)20-8-10-26-11-9-22/h3-4,14-16,22H,5-13H2,1-2H3,(H,20,23)(H,21,25). The molecule has 2 atom stereocenters. The zero-order valence-corrected chi connectivity index (χ0v) is 16.2. The van der Waals surface area contributed by atoms with Crippen molar-refractivity contribution in [2.24, 2.45) is 11.8 Å². The van der Waals surface area contributed by atoms with E-state index in [2.05, 4.69) is 10.6 Å². The summed E-state index contributed by atoms with van der Waals surface area (Å²) in [5.41, 5.74) is 0. The van der Waals surface area contributed by atoms with Crippen LogP contribution in [0.3, 0.4) is 0 Å². The highest BCUT2D eigenvalue weighted by Gasteiger charge is 2.25. The number of hydrogen-bond acceptors (Lipinski definition) is 6. The van der Waals surface area contributed by atoms with Gasteiger partial charge < -0.3 is 25.2 Å². The molecule has 8 heteroatoms. The molecule has 0 aliphatic carbocycles. The summed E-state index contributed by atoms with van der Waals surface area (Å²) >= 11 is 0. The zero-order valence-electron chi connectivity index (χ0n) is 16.2. The van der Waals surface area contributed by atoms with Gasteiger partial charge in [-0.05, 0) is 18.8 Å². The lowest BCUT2D eigenvalue weighted by atomic mass is 9.97. The first-order valence-electron chi connectivity index (χ1n) is 9.50. The van der Waals surface area contributed by atoms with Crippen molar-refractivity contribution in [3.05, 3.63) is 12.2 Å². The molecular weight excluding hydrogens is 352 g/mol. The Labute approximate surface area is 160 Å². The van der Waals surface area contributed by atoms with Crippen molar-refractivity contribution in [2.75, 3.05) is 33.0 Å². The molecule has 0 fully saturated rings. The second-order valence-corrected chi connectivity index (χ2v) is 6.87. The van der Waals surface area contributed by atoms with E-state index in [1.54, 1.807) is 0 Å². The Morgan fingerprint density at radius 2 is 2.15 bits per heavy atom. The number of aliphatic hydroxyl groups is 1. The highest BCUT2D eigenvalue weighted by Crippen LogP contribution is 2.14. The first-order valence-corrected chi connectivity index (χ1v) is 9.50. The minimum Gasteiger partial charge on any atom is -0.463 e. The Kier molecular flexibility index (Phi) is 11.4. The topological polar surface area (TPSA) is 114 Å². The number of amides is 2. The third kappa shape index (κ3) is 10.1. The van der Waals surface area contributed by atoms with E-state index in [0.29, 0.717) is 32.4 Å². The molecule has 0 radical (unpaired) electrons. The Morgan fingerprint density at radius 1 is 1.37 bits per heavy atom. The zero-order chi connectivity index (χ0) is 20.1. The summed E-state index contributed by atoms with van der Waals surface area (Å²) in [6.45, 7) is 4.82. The molecule has 2 amide bonds. The second-order valence-electron chi connectivity index (χ2n) is 6.87. The van der Waals surface area contributed by atoms with Gasteiger partial charge in [0, 0.05) is 19.4 Å². The van der Waals surface area contributed by atoms with Gasteiger partial charge in [-0.2, -0.15) is 0 Å². The van der Waals surface area contributed by atoms with Gasteiger partial charge in [0.1, 0.15) is 6.61 Å². The van der Waals surface area contributed by atoms with Gasteiger partial charge in [-0.1, -0.05) is 26.0 Å². The van der Waals surface area contributed by atoms with Crippen LogP contribution in [0.4, 0.5) is 0 Å². The molecule has 0 aromatic heterocycles. The molecule has 3 N–H and O–H groups in total. The molecule has 0 saturated heterocycles. The molecule has 0 spiro atoms. The summed E-state index contributed by atoms with van der Waals surface area (Å²) in [6.07, 6.45) is 5.02. The Balaban J connectivity index is 2.64. The van der Waals surface area contributed by atoms with Gasteiger partial charge in [-0.3, -0.25) is 14.4 Å². The molecule has 1 rings (SSSR count). The van der Waals surface area contributed by atoms with Crippen LogP contribution in [0.25, 0.3) is 0 Å². The number of rotatable bonds is 8. The molecule has 2 unspecified atom stereocenters. The third-order valence-electron chi connectivity index (χ3n) is 4.27. The van der Waals surface area contributed by atoms with E-state index in [1.165, 1.54) is 0 Å². The number of carbonyl (C=O) groups is 3. The van der Waals surface area contributed by atoms with E-state index in [4.69, 9.17) is 14.6 Å². The number of carbonyl (C=O) groups excluding carboxylic acids is 3. The summed E-state index contributed by atoms with van der Waals surface area (Å²) < 4.78 is 10.3. The lowest BCUT2D eigenvalue weighted by Crippen LogP contribution is -2.46. The molecule has 154 valence electrons. The van der Waals surface area contributed by atoms with Crippen LogP contribution in [0.1, 0.15) is 39.5 Å². The molecule has 0 aromatic carbocycles. The highest BCUT2D eigenvalue weighted by molar-refractivity contribution is 5.86. The number of aliphatic hydroxyl groups excluding tert-OH is 1. The van der Waals surface area contributed by atoms with Crippen LogP contribution in [0.2, 0.25) is 0 Å². The van der Waals surface area contributed by atoms with Crippen LogP contribution in [-0.4, -0.2) is 61.9 Å². The maximum absolute atomic E-state index is 12.7. The van der Waals surface area contributed by atoms with Gasteiger partial charge >= 0.3 is 5.97 Å². The molecule has 0 aromatic rings. The largest absolute Gasteiger partial charge is 0.463 e. The lowest BCUT2D eigenvalue weighted by molar-refractivity contribution is -0.145. The number of hydrogen-bond donors (Lipinski definition) is 3. The van der Waals surface area contributed by atoms with Gasteiger partial charge in [0.25, 0.3) is 0 Å². The van der Waals surface area contributed by atoms with Gasteiger partial charge in [-0.15, -0.1) is 0 Å². The minimum atomic E-state index is -0.490. The first kappa shape index (κ1) is 23.1. The molecule has 1 aliphatic heterocycles. The van der Waals surface area contributed by atoms with Gasteiger partial charge in [0.05, 0.1) is 31.8 Å². The van der Waals surface area contributed by atoms with E-state index in [1.807, 2.05) is 26.0 Å². The predicted octanol–water partition coefficient (Wildman–Crippen LogP) is 0.542. The number of esters is 1. The number of nitrogens with one attached hydrogen (secondary N) is 2. The fourth-order valence-electron chi connectivity index (χ4n) is 2.54. The van der Waals surface area contributed by atoms with E-state index in [-0.39, 0.29) is 56.0 Å². The quantitative estimate of drug-likeness (QED) is 0.320. The van der Waals surface area contributed by atoms with E-state index in [0.717, 1.165) is 0 Å². The molecule has 8 nitrogen and oxygen atoms in total. The van der Waals surface area contributed by atoms with Crippen LogP contribution in [0.5, 0.6) is 0 Å².